The fourth-order valence-corrected chi connectivity index (χ4v) is 22.6. The Bertz CT molecular complexity index is 5570. The van der Waals surface area contributed by atoms with E-state index in [9.17, 15) is 96.0 Å². The molecule has 8 rings (SSSR count). The Morgan fingerprint density at radius 2 is 0.758 bits per heavy atom. The normalized spacial score (nSPS) is 13.8. The van der Waals surface area contributed by atoms with Crippen molar-refractivity contribution in [3.63, 3.8) is 0 Å². The van der Waals surface area contributed by atoms with Gasteiger partial charge in [0.25, 0.3) is 0 Å². The highest BCUT2D eigenvalue weighted by molar-refractivity contribution is 8.02. The molecule has 4 heterocycles. The van der Waals surface area contributed by atoms with Crippen molar-refractivity contribution < 1.29 is 87.0 Å². The molecule has 9 atom stereocenters. The maximum Gasteiger partial charge on any atom is 0.364 e. The number of hydrogen-bond acceptors (Lipinski definition) is 32. The standard InChI is InChI=1S/C22H30N6O8S2.C17H23N5O5S2.C16H21N5O5S2.C14H18N4O5S2/c1-14(29)16(23)8-10-19(31)24-17(18(30)9-11-21(32)33)12-37-20(28-22(34)27(2)25-26-28)13-38(35,36)15-6-4-3-5-7-15;1-12(23)20-14(16(18)24)8-9-28-15(22-17(25)21(2)11-19-22)10-29(26,27)13-6-4-3-5-7-13;1-11(22)19-13(15(17)23)8-27-14(21-16(24)20(2)10-18-21)9-28(25,26)12-6-4-3-5-7-12;1-17-9-16-18(14(17)21)12(24-7-11(15)13(19)20)8-25(22,23)10-5-3-2-4-6-10/h3-7,16-17,20H,8-13,23H2,1-2H3,(H,24,31)(H,32,33);3-7,11,14-15H,8-10H2,1-2H3,(H2,18,24)(H,20,23);3-7,10,13-14H,8-9H2,1-2H3,(H2,17,23)(H,19,22);2-6,9,11-12H,7-8,15H2,1H3,(H,19,20)/t16-,17-,20?;;13-,14?;11-,12?/m0.00/s1. The number of carboxylic acid groups (broad SMARTS) is 2. The molecule has 0 saturated heterocycles. The molecule has 0 aliphatic heterocycles. The molecule has 13 N–H and O–H groups in total. The summed E-state index contributed by atoms with van der Waals surface area (Å²) in [5, 5.41) is 40.7. The van der Waals surface area contributed by atoms with Crippen LogP contribution in [-0.4, -0.2) is 236 Å². The van der Waals surface area contributed by atoms with Gasteiger partial charge in [-0.05, 0) is 84.5 Å². The number of carbonyl (C=O) groups excluding carboxylic acids is 7. The number of sulfone groups is 4. The second-order valence-corrected chi connectivity index (χ2v) is 39.1. The van der Waals surface area contributed by atoms with E-state index in [1.54, 1.807) is 72.8 Å². The largest absolute Gasteiger partial charge is 0.481 e. The fraction of sp³-hybridized carbons (Fsp3) is 0.420. The minimum atomic E-state index is -3.91. The van der Waals surface area contributed by atoms with Crippen molar-refractivity contribution in [2.75, 3.05) is 46.0 Å². The van der Waals surface area contributed by atoms with Gasteiger partial charge < -0.3 is 49.1 Å². The van der Waals surface area contributed by atoms with Crippen molar-refractivity contribution in [1.29, 1.82) is 0 Å². The van der Waals surface area contributed by atoms with Gasteiger partial charge in [-0.2, -0.15) is 38.7 Å². The predicted octanol–water partition coefficient (Wildman–Crippen LogP) is -2.06. The number of aromatic nitrogens is 13. The first kappa shape index (κ1) is 99.9. The number of carboxylic acids is 2. The van der Waals surface area contributed by atoms with Crippen LogP contribution in [0.25, 0.3) is 0 Å². The number of amides is 5. The zero-order valence-corrected chi connectivity index (χ0v) is 72.1. The molecule has 4 aromatic heterocycles. The SMILES string of the molecule is CC(=O)NC(CCSC(CS(=O)(=O)c1ccccc1)n1ncn(C)c1=O)C(N)=O.CC(=O)N[C@@H](CSC(CS(=O)(=O)c1ccccc1)n1ncn(C)c1=O)C(N)=O.CC(=O)[C@@H](N)CCC(=O)N[C@@H](CSC(CS(=O)(=O)c1ccccc1)n1nnn(C)c1=O)C(=O)CCC(=O)O.Cn1cnn(C(CS(=O)(=O)c2ccccc2)SC[C@H](N)C(=O)O)c1=O. The Labute approximate surface area is 704 Å². The summed E-state index contributed by atoms with van der Waals surface area (Å²) in [6.07, 6.45) is 3.04. The van der Waals surface area contributed by atoms with Crippen molar-refractivity contribution in [1.82, 2.24) is 78.8 Å². The van der Waals surface area contributed by atoms with Gasteiger partial charge in [0.2, 0.25) is 29.5 Å². The van der Waals surface area contributed by atoms with Crippen LogP contribution in [0.3, 0.4) is 0 Å². The Morgan fingerprint density at radius 1 is 0.417 bits per heavy atom. The number of tetrazole rings is 1. The zero-order chi connectivity index (χ0) is 89.6. The lowest BCUT2D eigenvalue weighted by Gasteiger charge is -2.21. The van der Waals surface area contributed by atoms with Crippen LogP contribution in [0.4, 0.5) is 0 Å². The van der Waals surface area contributed by atoms with Crippen LogP contribution < -0.4 is 61.6 Å². The second-order valence-electron chi connectivity index (χ2n) is 26.1. The number of aryl methyl sites for hydroxylation is 4. The maximum absolute atomic E-state index is 13.0. The Morgan fingerprint density at radius 3 is 1.07 bits per heavy atom. The molecular formula is C69H92N20O23S8. The van der Waals surface area contributed by atoms with Crippen LogP contribution in [0.15, 0.2) is 179 Å². The molecule has 0 saturated carbocycles. The summed E-state index contributed by atoms with van der Waals surface area (Å²) >= 11 is 3.97. The number of Topliss-reactive ketones (excluding diaryl/α,β-unsaturated/α-hetero) is 2. The second kappa shape index (κ2) is 46.8. The number of rotatable bonds is 43. The molecule has 5 amide bonds. The molecule has 0 fully saturated rings. The van der Waals surface area contributed by atoms with Crippen molar-refractivity contribution in [3.05, 3.63) is 182 Å². The van der Waals surface area contributed by atoms with E-state index in [0.717, 1.165) is 70.5 Å². The first-order valence-electron chi connectivity index (χ1n) is 35.5. The monoisotopic (exact) mass is 1820 g/mol. The number of benzene rings is 4. The molecule has 0 spiro atoms. The summed E-state index contributed by atoms with van der Waals surface area (Å²) < 4.78 is 111. The molecule has 43 nitrogen and oxygen atoms in total. The first-order chi connectivity index (χ1) is 56.3. The van der Waals surface area contributed by atoms with E-state index in [4.69, 9.17) is 33.1 Å². The predicted molar refractivity (Wildman–Crippen MR) is 443 cm³/mol. The smallest absolute Gasteiger partial charge is 0.364 e. The van der Waals surface area contributed by atoms with Crippen LogP contribution in [0.5, 0.6) is 0 Å². The third kappa shape index (κ3) is 31.5. The minimum absolute atomic E-state index is 0.0201. The number of carbonyl (C=O) groups is 9. The van der Waals surface area contributed by atoms with Gasteiger partial charge in [-0.25, -0.2) is 52.8 Å². The number of nitrogens with two attached hydrogens (primary N) is 4. The first-order valence-corrected chi connectivity index (χ1v) is 46.3. The molecular weight excluding hydrogens is 1730 g/mol. The summed E-state index contributed by atoms with van der Waals surface area (Å²) in [4.78, 5) is 154. The summed E-state index contributed by atoms with van der Waals surface area (Å²) in [7, 11) is -9.21. The van der Waals surface area contributed by atoms with Crippen LogP contribution in [-0.2, 0) is 111 Å². The van der Waals surface area contributed by atoms with Crippen molar-refractivity contribution in [2.24, 2.45) is 51.1 Å². The summed E-state index contributed by atoms with van der Waals surface area (Å²) in [6.45, 7) is 3.79. The van der Waals surface area contributed by atoms with Crippen molar-refractivity contribution >= 4 is 139 Å². The van der Waals surface area contributed by atoms with Gasteiger partial charge in [0, 0.05) is 72.1 Å². The van der Waals surface area contributed by atoms with E-state index < -0.39 is 185 Å². The highest BCUT2D eigenvalue weighted by Gasteiger charge is 2.34. The maximum atomic E-state index is 13.0. The van der Waals surface area contributed by atoms with E-state index in [1.807, 2.05) is 0 Å². The zero-order valence-electron chi connectivity index (χ0n) is 65.5. The number of ketones is 2. The minimum Gasteiger partial charge on any atom is -0.481 e. The van der Waals surface area contributed by atoms with Gasteiger partial charge in [-0.1, -0.05) is 72.8 Å². The van der Waals surface area contributed by atoms with Crippen LogP contribution in [0.2, 0.25) is 0 Å². The average Bonchev–Trinajstić information content (AvgIpc) is 1.64. The quantitative estimate of drug-likeness (QED) is 0.0198. The van der Waals surface area contributed by atoms with Crippen LogP contribution in [0, 0.1) is 0 Å². The van der Waals surface area contributed by atoms with E-state index in [0.29, 0.717) is 0 Å². The number of thioether (sulfide) groups is 4. The molecule has 8 aromatic rings. The highest BCUT2D eigenvalue weighted by Crippen LogP contribution is 2.31. The van der Waals surface area contributed by atoms with Gasteiger partial charge in [-0.3, -0.25) is 56.9 Å². The van der Waals surface area contributed by atoms with Gasteiger partial charge in [0.1, 0.15) is 64.4 Å². The molecule has 0 bridgehead atoms. The van der Waals surface area contributed by atoms with Crippen LogP contribution in [0.1, 0.15) is 74.4 Å². The fourth-order valence-electron chi connectivity index (χ4n) is 10.1. The number of primary amides is 2. The number of nitrogens with one attached hydrogen (secondary N) is 3. The summed E-state index contributed by atoms with van der Waals surface area (Å²) in [5.74, 6) is -7.99. The average molecular weight is 1830 g/mol. The molecule has 4 aromatic carbocycles. The Kier molecular flexibility index (Phi) is 38.9. The van der Waals surface area contributed by atoms with Gasteiger partial charge in [0.15, 0.2) is 45.1 Å². The van der Waals surface area contributed by atoms with Gasteiger partial charge >= 0.3 is 34.7 Å². The van der Waals surface area contributed by atoms with Gasteiger partial charge in [0.05, 0.1) is 61.1 Å². The summed E-state index contributed by atoms with van der Waals surface area (Å²) in [6, 6.07) is 26.0. The van der Waals surface area contributed by atoms with Crippen molar-refractivity contribution in [2.45, 2.75) is 124 Å². The van der Waals surface area contributed by atoms with E-state index in [2.05, 4.69) is 41.7 Å². The number of hydrogen-bond donors (Lipinski definition) is 9. The number of aliphatic carboxylic acids is 2. The van der Waals surface area contributed by atoms with E-state index in [1.165, 1.54) is 130 Å². The molecule has 0 radical (unpaired) electrons. The lowest BCUT2D eigenvalue weighted by molar-refractivity contribution is -0.139. The molecule has 120 heavy (non-hydrogen) atoms. The van der Waals surface area contributed by atoms with E-state index >= 15 is 0 Å². The summed E-state index contributed by atoms with van der Waals surface area (Å²) in [5.41, 5.74) is 19.6. The molecule has 654 valence electrons. The lowest BCUT2D eigenvalue weighted by Crippen LogP contribution is -2.45. The van der Waals surface area contributed by atoms with Crippen LogP contribution >= 0.6 is 47.0 Å². The third-order valence-electron chi connectivity index (χ3n) is 16.6. The lowest BCUT2D eigenvalue weighted by atomic mass is 10.1. The third-order valence-corrected chi connectivity index (χ3v) is 29.5. The van der Waals surface area contributed by atoms with E-state index in [-0.39, 0.29) is 79.8 Å². The molecule has 5 unspecified atom stereocenters. The molecule has 0 aliphatic rings. The van der Waals surface area contributed by atoms with Gasteiger partial charge in [-0.15, -0.1) is 47.0 Å². The Balaban J connectivity index is 0.000000288. The highest BCUT2D eigenvalue weighted by atomic mass is 32.2. The topological polar surface area (TPSA) is 643 Å². The van der Waals surface area contributed by atoms with Crippen molar-refractivity contribution in [3.8, 4) is 0 Å². The Hall–Kier alpha value is -10.7. The molecule has 0 aliphatic carbocycles. The number of nitrogens with zero attached hydrogens (tertiary/aromatic N) is 13. The molecule has 51 heteroatoms.